The minimum absolute atomic E-state index is 0.0798. The average molecular weight is 515 g/mol. The summed E-state index contributed by atoms with van der Waals surface area (Å²) in [4.78, 5) is 13.0. The first-order valence-electron chi connectivity index (χ1n) is 11.5. The van der Waals surface area contributed by atoms with Crippen molar-refractivity contribution in [2.75, 3.05) is 22.8 Å². The number of hydrogen-bond acceptors (Lipinski definition) is 5. The molecule has 0 aliphatic rings. The number of sulfonamides is 1. The zero-order valence-corrected chi connectivity index (χ0v) is 20.8. The van der Waals surface area contributed by atoms with Gasteiger partial charge in [-0.1, -0.05) is 49.1 Å². The van der Waals surface area contributed by atoms with Gasteiger partial charge in [0.15, 0.2) is 0 Å². The molecule has 0 spiro atoms. The van der Waals surface area contributed by atoms with Crippen LogP contribution in [0, 0.1) is 0 Å². The second-order valence-corrected chi connectivity index (χ2v) is 9.77. The fourth-order valence-electron chi connectivity index (χ4n) is 3.46. The van der Waals surface area contributed by atoms with E-state index in [1.54, 1.807) is 72.8 Å². The van der Waals surface area contributed by atoms with Gasteiger partial charge in [0.05, 0.1) is 10.6 Å². The van der Waals surface area contributed by atoms with Crippen LogP contribution in [0.1, 0.15) is 0 Å². The highest BCUT2D eigenvalue weighted by Gasteiger charge is 2.27. The van der Waals surface area contributed by atoms with E-state index in [0.29, 0.717) is 35.2 Å². The van der Waals surface area contributed by atoms with E-state index in [4.69, 9.17) is 9.47 Å². The Morgan fingerprint density at radius 3 is 1.97 bits per heavy atom. The van der Waals surface area contributed by atoms with Gasteiger partial charge in [-0.3, -0.25) is 9.10 Å². The standard InChI is InChI=1S/C29H26N2O5S/c1-2-21-35-25-17-13-23(14-18-25)30-29(32)22-31(37(33,34)28-11-7-4-8-12-28)24-15-19-27(20-16-24)36-26-9-5-3-6-10-26/h2-20H,1,21-22H2,(H,30,32). The Kier molecular flexibility index (Phi) is 8.22. The Labute approximate surface area is 216 Å². The van der Waals surface area contributed by atoms with E-state index in [0.717, 1.165) is 4.31 Å². The molecule has 1 N–H and O–H groups in total. The summed E-state index contributed by atoms with van der Waals surface area (Å²) < 4.78 is 39.4. The van der Waals surface area contributed by atoms with Crippen molar-refractivity contribution in [1.29, 1.82) is 0 Å². The first kappa shape index (κ1) is 25.5. The van der Waals surface area contributed by atoms with Crippen LogP contribution >= 0.6 is 0 Å². The molecular weight excluding hydrogens is 488 g/mol. The normalized spacial score (nSPS) is 10.8. The molecular formula is C29H26N2O5S. The van der Waals surface area contributed by atoms with Crippen molar-refractivity contribution in [3.8, 4) is 17.2 Å². The van der Waals surface area contributed by atoms with Crippen LogP contribution in [0.4, 0.5) is 11.4 Å². The van der Waals surface area contributed by atoms with Gasteiger partial charge < -0.3 is 14.8 Å². The summed E-state index contributed by atoms with van der Waals surface area (Å²) in [5.74, 6) is 1.33. The second kappa shape index (κ2) is 11.9. The highest BCUT2D eigenvalue weighted by molar-refractivity contribution is 7.92. The zero-order valence-electron chi connectivity index (χ0n) is 20.0. The number of hydrogen-bond donors (Lipinski definition) is 1. The summed E-state index contributed by atoms with van der Waals surface area (Å²) in [6.07, 6.45) is 1.64. The van der Waals surface area contributed by atoms with E-state index in [9.17, 15) is 13.2 Å². The van der Waals surface area contributed by atoms with E-state index in [2.05, 4.69) is 11.9 Å². The number of para-hydroxylation sites is 1. The van der Waals surface area contributed by atoms with E-state index < -0.39 is 22.5 Å². The number of carbonyl (C=O) groups is 1. The van der Waals surface area contributed by atoms with Crippen molar-refractivity contribution in [1.82, 2.24) is 0 Å². The van der Waals surface area contributed by atoms with Crippen LogP contribution in [-0.2, 0) is 14.8 Å². The Morgan fingerprint density at radius 1 is 0.784 bits per heavy atom. The number of nitrogens with zero attached hydrogens (tertiary/aromatic N) is 1. The number of rotatable bonds is 11. The summed E-state index contributed by atoms with van der Waals surface area (Å²) in [5, 5.41) is 2.75. The first-order valence-corrected chi connectivity index (χ1v) is 12.9. The number of nitrogens with one attached hydrogen (secondary N) is 1. The fourth-order valence-corrected chi connectivity index (χ4v) is 4.90. The summed E-state index contributed by atoms with van der Waals surface area (Å²) in [6, 6.07) is 30.6. The molecule has 4 aromatic carbocycles. The van der Waals surface area contributed by atoms with Crippen LogP contribution in [0.2, 0.25) is 0 Å². The molecule has 0 bridgehead atoms. The molecule has 4 aromatic rings. The lowest BCUT2D eigenvalue weighted by atomic mass is 10.3. The first-order chi connectivity index (χ1) is 18.0. The number of carbonyl (C=O) groups excluding carboxylic acids is 1. The average Bonchev–Trinajstić information content (AvgIpc) is 2.93. The molecule has 4 rings (SSSR count). The van der Waals surface area contributed by atoms with Gasteiger partial charge in [-0.25, -0.2) is 8.42 Å². The molecule has 8 heteroatoms. The summed E-state index contributed by atoms with van der Waals surface area (Å²) >= 11 is 0. The van der Waals surface area contributed by atoms with E-state index in [-0.39, 0.29) is 4.90 Å². The molecule has 0 saturated heterocycles. The maximum absolute atomic E-state index is 13.5. The molecule has 188 valence electrons. The summed E-state index contributed by atoms with van der Waals surface area (Å²) in [5.41, 5.74) is 0.840. The summed E-state index contributed by atoms with van der Waals surface area (Å²) in [6.45, 7) is 3.55. The number of benzene rings is 4. The molecule has 0 aromatic heterocycles. The molecule has 0 heterocycles. The van der Waals surface area contributed by atoms with Crippen LogP contribution < -0.4 is 19.1 Å². The highest BCUT2D eigenvalue weighted by Crippen LogP contribution is 2.28. The number of anilines is 2. The van der Waals surface area contributed by atoms with Crippen molar-refractivity contribution in [3.05, 3.63) is 122 Å². The van der Waals surface area contributed by atoms with Crippen LogP contribution in [0.5, 0.6) is 17.2 Å². The molecule has 0 aliphatic carbocycles. The van der Waals surface area contributed by atoms with Crippen molar-refractivity contribution < 1.29 is 22.7 Å². The minimum Gasteiger partial charge on any atom is -0.490 e. The molecule has 1 amide bonds. The predicted octanol–water partition coefficient (Wildman–Crippen LogP) is 5.88. The van der Waals surface area contributed by atoms with Gasteiger partial charge in [-0.05, 0) is 72.8 Å². The molecule has 37 heavy (non-hydrogen) atoms. The van der Waals surface area contributed by atoms with Crippen molar-refractivity contribution in [2.45, 2.75) is 4.90 Å². The smallest absolute Gasteiger partial charge is 0.264 e. The van der Waals surface area contributed by atoms with Crippen LogP contribution in [-0.4, -0.2) is 27.5 Å². The molecule has 7 nitrogen and oxygen atoms in total. The van der Waals surface area contributed by atoms with Crippen LogP contribution in [0.25, 0.3) is 0 Å². The SMILES string of the molecule is C=CCOc1ccc(NC(=O)CN(c2ccc(Oc3ccccc3)cc2)S(=O)(=O)c2ccccc2)cc1. The third kappa shape index (κ3) is 6.77. The Morgan fingerprint density at radius 2 is 1.35 bits per heavy atom. The van der Waals surface area contributed by atoms with Gasteiger partial charge in [0, 0.05) is 5.69 Å². The maximum atomic E-state index is 13.5. The fraction of sp³-hybridized carbons (Fsp3) is 0.0690. The molecule has 0 saturated carbocycles. The van der Waals surface area contributed by atoms with Gasteiger partial charge in [0.25, 0.3) is 10.0 Å². The zero-order chi connectivity index (χ0) is 26.1. The molecule has 0 fully saturated rings. The number of amides is 1. The highest BCUT2D eigenvalue weighted by atomic mass is 32.2. The van der Waals surface area contributed by atoms with Gasteiger partial charge in [-0.15, -0.1) is 0 Å². The van der Waals surface area contributed by atoms with Gasteiger partial charge in [-0.2, -0.15) is 0 Å². The lowest BCUT2D eigenvalue weighted by Crippen LogP contribution is -2.38. The Hall–Kier alpha value is -4.56. The lowest BCUT2D eigenvalue weighted by Gasteiger charge is -2.24. The molecule has 0 atom stereocenters. The van der Waals surface area contributed by atoms with E-state index >= 15 is 0 Å². The van der Waals surface area contributed by atoms with Crippen molar-refractivity contribution in [3.63, 3.8) is 0 Å². The maximum Gasteiger partial charge on any atom is 0.264 e. The van der Waals surface area contributed by atoms with E-state index in [1.807, 2.05) is 30.3 Å². The van der Waals surface area contributed by atoms with Gasteiger partial charge in [0.2, 0.25) is 5.91 Å². The van der Waals surface area contributed by atoms with Crippen LogP contribution in [0.3, 0.4) is 0 Å². The van der Waals surface area contributed by atoms with Gasteiger partial charge >= 0.3 is 0 Å². The number of ether oxygens (including phenoxy) is 2. The third-order valence-electron chi connectivity index (χ3n) is 5.23. The molecule has 0 unspecified atom stereocenters. The van der Waals surface area contributed by atoms with Crippen molar-refractivity contribution in [2.24, 2.45) is 0 Å². The monoisotopic (exact) mass is 514 g/mol. The predicted molar refractivity (Wildman–Crippen MR) is 145 cm³/mol. The lowest BCUT2D eigenvalue weighted by molar-refractivity contribution is -0.114. The largest absolute Gasteiger partial charge is 0.490 e. The third-order valence-corrected chi connectivity index (χ3v) is 7.02. The van der Waals surface area contributed by atoms with Crippen molar-refractivity contribution >= 4 is 27.3 Å². The quantitative estimate of drug-likeness (QED) is 0.253. The van der Waals surface area contributed by atoms with Gasteiger partial charge in [0.1, 0.15) is 30.4 Å². The Balaban J connectivity index is 1.55. The Bertz CT molecular complexity index is 1420. The summed E-state index contributed by atoms with van der Waals surface area (Å²) in [7, 11) is -4.03. The molecule has 0 aliphatic heterocycles. The molecule has 0 radical (unpaired) electrons. The van der Waals surface area contributed by atoms with Crippen LogP contribution in [0.15, 0.2) is 127 Å². The minimum atomic E-state index is -4.03. The van der Waals surface area contributed by atoms with E-state index in [1.165, 1.54) is 12.1 Å². The second-order valence-electron chi connectivity index (χ2n) is 7.91. The topological polar surface area (TPSA) is 84.9 Å².